The summed E-state index contributed by atoms with van der Waals surface area (Å²) < 4.78 is 11.4. The summed E-state index contributed by atoms with van der Waals surface area (Å²) in [6.07, 6.45) is 9.82. The van der Waals surface area contributed by atoms with E-state index in [1.807, 2.05) is 18.7 Å². The average Bonchev–Trinajstić information content (AvgIpc) is 2.58. The Hall–Kier alpha value is -0.260. The summed E-state index contributed by atoms with van der Waals surface area (Å²) in [5.41, 5.74) is -0.311. The van der Waals surface area contributed by atoms with E-state index >= 15 is 0 Å². The molecule has 1 atom stereocenters. The number of carbonyl (C=O) groups is 1. The lowest BCUT2D eigenvalue weighted by molar-refractivity contribution is -0.162. The number of ether oxygens (including phenoxy) is 2. The molecule has 0 spiro atoms. The molecule has 2 rings (SSSR count). The van der Waals surface area contributed by atoms with Crippen LogP contribution in [0.3, 0.4) is 0 Å². The zero-order chi connectivity index (χ0) is 16.5. The molecule has 0 saturated carbocycles. The maximum atomic E-state index is 12.7. The highest BCUT2D eigenvalue weighted by Crippen LogP contribution is 2.39. The van der Waals surface area contributed by atoms with Gasteiger partial charge >= 0.3 is 5.97 Å². The van der Waals surface area contributed by atoms with Gasteiger partial charge in [0.25, 0.3) is 0 Å². The maximum absolute atomic E-state index is 12.7. The van der Waals surface area contributed by atoms with E-state index in [9.17, 15) is 4.79 Å². The van der Waals surface area contributed by atoms with Gasteiger partial charge in [-0.05, 0) is 83.5 Å². The van der Waals surface area contributed by atoms with Crippen LogP contribution in [0.1, 0.15) is 51.9 Å². The van der Waals surface area contributed by atoms with Gasteiger partial charge in [-0.25, -0.2) is 0 Å². The van der Waals surface area contributed by atoms with Gasteiger partial charge in [0.15, 0.2) is 0 Å². The molecule has 0 bridgehead atoms. The van der Waals surface area contributed by atoms with Crippen molar-refractivity contribution in [1.29, 1.82) is 0 Å². The van der Waals surface area contributed by atoms with E-state index in [0.29, 0.717) is 6.61 Å². The molecule has 0 radical (unpaired) electrons. The monoisotopic (exact) mass is 343 g/mol. The van der Waals surface area contributed by atoms with E-state index < -0.39 is 0 Å². The fourth-order valence-electron chi connectivity index (χ4n) is 3.82. The molecule has 0 aliphatic carbocycles. The van der Waals surface area contributed by atoms with Crippen LogP contribution in [0.25, 0.3) is 0 Å². The fraction of sp³-hybridized carbons (Fsp3) is 0.944. The van der Waals surface area contributed by atoms with Crippen LogP contribution in [0.4, 0.5) is 0 Å². The van der Waals surface area contributed by atoms with Crippen molar-refractivity contribution in [1.82, 2.24) is 4.90 Å². The van der Waals surface area contributed by atoms with E-state index in [4.69, 9.17) is 9.47 Å². The Morgan fingerprint density at radius 1 is 1.35 bits per heavy atom. The van der Waals surface area contributed by atoms with Gasteiger partial charge in [-0.15, -0.1) is 0 Å². The quantitative estimate of drug-likeness (QED) is 0.499. The third-order valence-electron chi connectivity index (χ3n) is 5.24. The van der Waals surface area contributed by atoms with E-state index in [-0.39, 0.29) is 17.5 Å². The van der Waals surface area contributed by atoms with Crippen LogP contribution >= 0.6 is 11.8 Å². The second-order valence-electron chi connectivity index (χ2n) is 6.88. The molecule has 2 aliphatic rings. The van der Waals surface area contributed by atoms with Crippen LogP contribution in [0, 0.1) is 5.41 Å². The number of esters is 1. The van der Waals surface area contributed by atoms with Crippen molar-refractivity contribution in [2.24, 2.45) is 5.41 Å². The minimum Gasteiger partial charge on any atom is -0.466 e. The van der Waals surface area contributed by atoms with E-state index in [1.54, 1.807) is 0 Å². The number of likely N-dealkylation sites (tertiary alicyclic amines) is 1. The van der Waals surface area contributed by atoms with Crippen molar-refractivity contribution < 1.29 is 14.3 Å². The highest BCUT2D eigenvalue weighted by molar-refractivity contribution is 7.98. The topological polar surface area (TPSA) is 38.8 Å². The van der Waals surface area contributed by atoms with Gasteiger partial charge in [0.1, 0.15) is 0 Å². The minimum absolute atomic E-state index is 0.0120. The Balaban J connectivity index is 1.91. The van der Waals surface area contributed by atoms with Crippen molar-refractivity contribution in [2.75, 3.05) is 44.9 Å². The Morgan fingerprint density at radius 2 is 2.13 bits per heavy atom. The number of piperidine rings is 1. The summed E-state index contributed by atoms with van der Waals surface area (Å²) >= 11 is 1.91. The molecule has 2 saturated heterocycles. The largest absolute Gasteiger partial charge is 0.466 e. The molecule has 0 amide bonds. The lowest BCUT2D eigenvalue weighted by Gasteiger charge is -2.42. The molecular weight excluding hydrogens is 310 g/mol. The average molecular weight is 344 g/mol. The Bertz CT molecular complexity index is 350. The molecule has 0 aromatic heterocycles. The molecule has 2 fully saturated rings. The molecule has 4 nitrogen and oxygen atoms in total. The van der Waals surface area contributed by atoms with Gasteiger partial charge in [0, 0.05) is 6.61 Å². The molecule has 0 unspecified atom stereocenters. The fourth-order valence-corrected chi connectivity index (χ4v) is 4.23. The molecule has 0 aromatic carbocycles. The van der Waals surface area contributed by atoms with E-state index in [2.05, 4.69) is 11.2 Å². The summed E-state index contributed by atoms with van der Waals surface area (Å²) in [5, 5.41) is 0. The summed E-state index contributed by atoms with van der Waals surface area (Å²) in [6, 6.07) is 0. The summed E-state index contributed by atoms with van der Waals surface area (Å²) in [4.78, 5) is 15.2. The maximum Gasteiger partial charge on any atom is 0.312 e. The zero-order valence-electron chi connectivity index (χ0n) is 14.8. The van der Waals surface area contributed by atoms with Gasteiger partial charge in [0.05, 0.1) is 18.1 Å². The first-order chi connectivity index (χ1) is 11.2. The van der Waals surface area contributed by atoms with Gasteiger partial charge in [-0.2, -0.15) is 11.8 Å². The number of hydrogen-bond donors (Lipinski definition) is 0. The number of carbonyl (C=O) groups excluding carboxylic acids is 1. The Kier molecular flexibility index (Phi) is 8.21. The highest BCUT2D eigenvalue weighted by Gasteiger charge is 2.44. The molecule has 5 heteroatoms. The highest BCUT2D eigenvalue weighted by atomic mass is 32.2. The van der Waals surface area contributed by atoms with Gasteiger partial charge in [-0.1, -0.05) is 0 Å². The molecule has 134 valence electrons. The van der Waals surface area contributed by atoms with Gasteiger partial charge in [0.2, 0.25) is 0 Å². The van der Waals surface area contributed by atoms with Crippen LogP contribution in [0.5, 0.6) is 0 Å². The number of thioether (sulfide) groups is 1. The summed E-state index contributed by atoms with van der Waals surface area (Å²) in [5.74, 6) is 1.23. The number of rotatable bonds is 8. The van der Waals surface area contributed by atoms with E-state index in [1.165, 1.54) is 18.6 Å². The van der Waals surface area contributed by atoms with Crippen molar-refractivity contribution in [2.45, 2.75) is 58.0 Å². The predicted octanol–water partition coefficient (Wildman–Crippen LogP) is 3.34. The number of nitrogens with zero attached hydrogens (tertiary/aromatic N) is 1. The van der Waals surface area contributed by atoms with Gasteiger partial charge < -0.3 is 14.4 Å². The van der Waals surface area contributed by atoms with Crippen LogP contribution in [0.2, 0.25) is 0 Å². The second-order valence-corrected chi connectivity index (χ2v) is 7.87. The number of hydrogen-bond acceptors (Lipinski definition) is 5. The Morgan fingerprint density at radius 3 is 2.74 bits per heavy atom. The molecular formula is C18H33NO3S. The lowest BCUT2D eigenvalue weighted by atomic mass is 9.73. The Labute approximate surface area is 145 Å². The summed E-state index contributed by atoms with van der Waals surface area (Å²) in [6.45, 7) is 6.41. The van der Waals surface area contributed by atoms with Crippen molar-refractivity contribution >= 4 is 17.7 Å². The van der Waals surface area contributed by atoms with Gasteiger partial charge in [-0.3, -0.25) is 4.79 Å². The van der Waals surface area contributed by atoms with E-state index in [0.717, 1.165) is 58.3 Å². The molecule has 2 aliphatic heterocycles. The molecule has 0 N–H and O–H groups in total. The van der Waals surface area contributed by atoms with Crippen molar-refractivity contribution in [3.05, 3.63) is 0 Å². The SMILES string of the molecule is CCOC(=O)C1(C[C@H]2CCCCO2)CCN(CCCSC)CC1. The first kappa shape index (κ1) is 19.1. The lowest BCUT2D eigenvalue weighted by Crippen LogP contribution is -2.47. The normalized spacial score (nSPS) is 25.2. The second kappa shape index (κ2) is 9.90. The van der Waals surface area contributed by atoms with Crippen molar-refractivity contribution in [3.63, 3.8) is 0 Å². The van der Waals surface area contributed by atoms with Crippen molar-refractivity contribution in [3.8, 4) is 0 Å². The third kappa shape index (κ3) is 5.64. The molecule has 0 aromatic rings. The molecule has 23 heavy (non-hydrogen) atoms. The van der Waals surface area contributed by atoms with Crippen LogP contribution < -0.4 is 0 Å². The minimum atomic E-state index is -0.311. The summed E-state index contributed by atoms with van der Waals surface area (Å²) in [7, 11) is 0. The third-order valence-corrected chi connectivity index (χ3v) is 5.93. The van der Waals surface area contributed by atoms with Crippen LogP contribution in [-0.4, -0.2) is 61.8 Å². The first-order valence-corrected chi connectivity index (χ1v) is 10.6. The smallest absolute Gasteiger partial charge is 0.312 e. The van der Waals surface area contributed by atoms with Crippen LogP contribution in [0.15, 0.2) is 0 Å². The zero-order valence-corrected chi connectivity index (χ0v) is 15.7. The first-order valence-electron chi connectivity index (χ1n) is 9.20. The van der Waals surface area contributed by atoms with Crippen LogP contribution in [-0.2, 0) is 14.3 Å². The predicted molar refractivity (Wildman–Crippen MR) is 95.9 cm³/mol. The molecule has 2 heterocycles. The standard InChI is InChI=1S/C18H33NO3S/c1-3-21-17(20)18(15-16-7-4-5-13-22-16)8-11-19(12-9-18)10-6-14-23-2/h16H,3-15H2,1-2H3/t16-/m1/s1.